The van der Waals surface area contributed by atoms with E-state index in [9.17, 15) is 9.18 Å². The van der Waals surface area contributed by atoms with Crippen molar-refractivity contribution in [3.05, 3.63) is 41.8 Å². The molecule has 0 spiro atoms. The summed E-state index contributed by atoms with van der Waals surface area (Å²) in [5.74, 6) is 0.132. The fourth-order valence-electron chi connectivity index (χ4n) is 2.02. The zero-order chi connectivity index (χ0) is 15.2. The van der Waals surface area contributed by atoms with Gasteiger partial charge in [-0.3, -0.25) is 4.79 Å². The van der Waals surface area contributed by atoms with Gasteiger partial charge in [0.2, 0.25) is 5.91 Å². The fraction of sp³-hybridized carbons (Fsp3) is 0.333. The highest BCUT2D eigenvalue weighted by Crippen LogP contribution is 2.18. The molecule has 0 saturated carbocycles. The molecule has 0 bridgehead atoms. The van der Waals surface area contributed by atoms with Crippen LogP contribution in [-0.4, -0.2) is 22.8 Å². The summed E-state index contributed by atoms with van der Waals surface area (Å²) >= 11 is 0. The van der Waals surface area contributed by atoms with Crippen LogP contribution in [0.5, 0.6) is 5.75 Å². The van der Waals surface area contributed by atoms with Crippen molar-refractivity contribution in [1.29, 1.82) is 0 Å². The molecule has 2 rings (SSSR count). The van der Waals surface area contributed by atoms with E-state index in [1.165, 1.54) is 19.2 Å². The van der Waals surface area contributed by atoms with Crippen molar-refractivity contribution in [2.75, 3.05) is 12.4 Å². The second-order valence-electron chi connectivity index (χ2n) is 4.63. The van der Waals surface area contributed by atoms with Gasteiger partial charge in [0.1, 0.15) is 5.82 Å². The van der Waals surface area contributed by atoms with Crippen LogP contribution < -0.4 is 10.1 Å². The van der Waals surface area contributed by atoms with Crippen molar-refractivity contribution in [3.8, 4) is 5.75 Å². The molecular weight excluding hydrogens is 273 g/mol. The van der Waals surface area contributed by atoms with Gasteiger partial charge in [-0.05, 0) is 24.1 Å². The summed E-state index contributed by atoms with van der Waals surface area (Å²) in [7, 11) is 1.40. The summed E-state index contributed by atoms with van der Waals surface area (Å²) in [5, 5.41) is 6.91. The van der Waals surface area contributed by atoms with Crippen LogP contribution in [0.3, 0.4) is 0 Å². The van der Waals surface area contributed by atoms with E-state index in [4.69, 9.17) is 4.74 Å². The standard InChI is InChI=1S/C15H18FN3O2/c1-3-8-19-14(6-7-17-19)18-15(20)10-11-4-5-13(21-2)12(16)9-11/h4-7,9H,3,8,10H2,1-2H3,(H,18,20). The zero-order valence-electron chi connectivity index (χ0n) is 12.1. The number of carbonyl (C=O) groups is 1. The van der Waals surface area contributed by atoms with Gasteiger partial charge < -0.3 is 10.1 Å². The number of ether oxygens (including phenoxy) is 1. The first kappa shape index (κ1) is 15.0. The van der Waals surface area contributed by atoms with E-state index in [2.05, 4.69) is 10.4 Å². The van der Waals surface area contributed by atoms with Crippen molar-refractivity contribution in [3.63, 3.8) is 0 Å². The van der Waals surface area contributed by atoms with Gasteiger partial charge in [0.05, 0.1) is 19.7 Å². The number of hydrogen-bond donors (Lipinski definition) is 1. The van der Waals surface area contributed by atoms with Crippen LogP contribution in [0.25, 0.3) is 0 Å². The number of nitrogens with one attached hydrogen (secondary N) is 1. The van der Waals surface area contributed by atoms with E-state index >= 15 is 0 Å². The molecule has 0 radical (unpaired) electrons. The molecule has 6 heteroatoms. The van der Waals surface area contributed by atoms with E-state index in [-0.39, 0.29) is 18.1 Å². The molecule has 5 nitrogen and oxygen atoms in total. The lowest BCUT2D eigenvalue weighted by Gasteiger charge is -2.08. The highest BCUT2D eigenvalue weighted by atomic mass is 19.1. The van der Waals surface area contributed by atoms with E-state index in [0.717, 1.165) is 13.0 Å². The smallest absolute Gasteiger partial charge is 0.229 e. The molecule has 0 fully saturated rings. The number of carbonyl (C=O) groups excluding carboxylic acids is 1. The van der Waals surface area contributed by atoms with E-state index < -0.39 is 5.82 Å². The van der Waals surface area contributed by atoms with Gasteiger partial charge in [0.25, 0.3) is 0 Å². The number of aromatic nitrogens is 2. The molecule has 1 aromatic heterocycles. The fourth-order valence-corrected chi connectivity index (χ4v) is 2.02. The number of halogens is 1. The van der Waals surface area contributed by atoms with Gasteiger partial charge in [-0.2, -0.15) is 5.10 Å². The van der Waals surface area contributed by atoms with Crippen molar-refractivity contribution < 1.29 is 13.9 Å². The molecule has 1 amide bonds. The minimum Gasteiger partial charge on any atom is -0.494 e. The Hall–Kier alpha value is -2.37. The number of rotatable bonds is 6. The van der Waals surface area contributed by atoms with Crippen molar-refractivity contribution in [2.45, 2.75) is 26.3 Å². The first-order valence-corrected chi connectivity index (χ1v) is 6.78. The predicted molar refractivity (Wildman–Crippen MR) is 77.8 cm³/mol. The predicted octanol–water partition coefficient (Wildman–Crippen LogP) is 2.62. The summed E-state index contributed by atoms with van der Waals surface area (Å²) in [6.45, 7) is 2.77. The molecule has 1 heterocycles. The lowest BCUT2D eigenvalue weighted by molar-refractivity contribution is -0.115. The topological polar surface area (TPSA) is 56.2 Å². The van der Waals surface area contributed by atoms with Crippen LogP contribution in [0.2, 0.25) is 0 Å². The lowest BCUT2D eigenvalue weighted by Crippen LogP contribution is -2.17. The van der Waals surface area contributed by atoms with E-state index in [1.54, 1.807) is 23.0 Å². The first-order chi connectivity index (χ1) is 10.1. The Morgan fingerprint density at radius 3 is 2.90 bits per heavy atom. The van der Waals surface area contributed by atoms with Gasteiger partial charge in [-0.15, -0.1) is 0 Å². The number of nitrogens with zero attached hydrogens (tertiary/aromatic N) is 2. The zero-order valence-corrected chi connectivity index (χ0v) is 12.1. The Labute approximate surface area is 122 Å². The molecule has 0 saturated heterocycles. The SMILES string of the molecule is CCCn1nccc1NC(=O)Cc1ccc(OC)c(F)c1. The van der Waals surface area contributed by atoms with Gasteiger partial charge >= 0.3 is 0 Å². The number of anilines is 1. The van der Waals surface area contributed by atoms with Crippen molar-refractivity contribution in [2.24, 2.45) is 0 Å². The quantitative estimate of drug-likeness (QED) is 0.890. The summed E-state index contributed by atoms with van der Waals surface area (Å²) in [6.07, 6.45) is 2.66. The van der Waals surface area contributed by atoms with Gasteiger partial charge in [-0.1, -0.05) is 13.0 Å². The number of aryl methyl sites for hydroxylation is 1. The highest BCUT2D eigenvalue weighted by Gasteiger charge is 2.10. The third-order valence-corrected chi connectivity index (χ3v) is 3.00. The molecule has 2 aromatic rings. The third-order valence-electron chi connectivity index (χ3n) is 3.00. The van der Waals surface area contributed by atoms with Crippen LogP contribution in [0.1, 0.15) is 18.9 Å². The van der Waals surface area contributed by atoms with Crippen molar-refractivity contribution >= 4 is 11.7 Å². The van der Waals surface area contributed by atoms with Gasteiger partial charge in [-0.25, -0.2) is 9.07 Å². The van der Waals surface area contributed by atoms with Crippen molar-refractivity contribution in [1.82, 2.24) is 9.78 Å². The number of benzene rings is 1. The van der Waals surface area contributed by atoms with E-state index in [1.807, 2.05) is 6.92 Å². The largest absolute Gasteiger partial charge is 0.494 e. The van der Waals surface area contributed by atoms with Crippen LogP contribution in [-0.2, 0) is 17.8 Å². The molecule has 1 aromatic carbocycles. The molecule has 0 aliphatic rings. The van der Waals surface area contributed by atoms with Gasteiger partial charge in [0, 0.05) is 12.6 Å². The normalized spacial score (nSPS) is 10.4. The Kier molecular flexibility index (Phi) is 4.92. The average Bonchev–Trinajstić information content (AvgIpc) is 2.86. The van der Waals surface area contributed by atoms with Crippen LogP contribution in [0.15, 0.2) is 30.5 Å². The number of hydrogen-bond acceptors (Lipinski definition) is 3. The summed E-state index contributed by atoms with van der Waals surface area (Å²) in [4.78, 5) is 12.0. The average molecular weight is 291 g/mol. The summed E-state index contributed by atoms with van der Waals surface area (Å²) < 4.78 is 20.1. The van der Waals surface area contributed by atoms with E-state index in [0.29, 0.717) is 11.4 Å². The third kappa shape index (κ3) is 3.81. The molecule has 21 heavy (non-hydrogen) atoms. The molecule has 0 atom stereocenters. The van der Waals surface area contributed by atoms with Crippen LogP contribution in [0.4, 0.5) is 10.2 Å². The summed E-state index contributed by atoms with van der Waals surface area (Å²) in [6, 6.07) is 6.23. The highest BCUT2D eigenvalue weighted by molar-refractivity contribution is 5.91. The Morgan fingerprint density at radius 2 is 2.24 bits per heavy atom. The molecule has 0 aliphatic heterocycles. The number of methoxy groups -OCH3 is 1. The van der Waals surface area contributed by atoms with Gasteiger partial charge in [0.15, 0.2) is 11.6 Å². The molecule has 0 unspecified atom stereocenters. The maximum absolute atomic E-state index is 13.6. The minimum absolute atomic E-state index is 0.0955. The summed E-state index contributed by atoms with van der Waals surface area (Å²) in [5.41, 5.74) is 0.590. The Morgan fingerprint density at radius 1 is 1.43 bits per heavy atom. The molecule has 112 valence electrons. The maximum atomic E-state index is 13.6. The molecule has 0 aliphatic carbocycles. The van der Waals surface area contributed by atoms with Crippen LogP contribution >= 0.6 is 0 Å². The maximum Gasteiger partial charge on any atom is 0.229 e. The lowest BCUT2D eigenvalue weighted by atomic mass is 10.1. The van der Waals surface area contributed by atoms with Crippen LogP contribution in [0, 0.1) is 5.82 Å². The molecular formula is C15H18FN3O2. The first-order valence-electron chi connectivity index (χ1n) is 6.78. The monoisotopic (exact) mass is 291 g/mol. The second-order valence-corrected chi connectivity index (χ2v) is 4.63. The Bertz CT molecular complexity index is 625. The molecule has 1 N–H and O–H groups in total. The number of amides is 1. The second kappa shape index (κ2) is 6.88. The minimum atomic E-state index is -0.473. The Balaban J connectivity index is 2.01.